The summed E-state index contributed by atoms with van der Waals surface area (Å²) in [6.45, 7) is -0.572. The molecule has 7 N–H and O–H groups in total. The lowest BCUT2D eigenvalue weighted by Crippen LogP contribution is -2.46. The molecule has 23 heavy (non-hydrogen) atoms. The largest absolute Gasteiger partial charge is 0.394 e. The number of nitrogens with zero attached hydrogens (tertiary/aromatic N) is 3. The minimum Gasteiger partial charge on any atom is -0.394 e. The first kappa shape index (κ1) is 15.8. The third-order valence-corrected chi connectivity index (χ3v) is 3.82. The van der Waals surface area contributed by atoms with Crippen LogP contribution in [-0.4, -0.2) is 66.5 Å². The van der Waals surface area contributed by atoms with Crippen molar-refractivity contribution in [1.29, 1.82) is 0 Å². The molecule has 3 heterocycles. The molecule has 2 aromatic rings. The Morgan fingerprint density at radius 2 is 2.13 bits per heavy atom. The second-order valence-electron chi connectivity index (χ2n) is 5.29. The predicted molar refractivity (Wildman–Crippen MR) is 75.1 cm³/mol. The average molecular weight is 328 g/mol. The lowest BCUT2D eigenvalue weighted by molar-refractivity contribution is -0.746. The number of nitrogen functional groups attached to an aromatic ring is 1. The van der Waals surface area contributed by atoms with Gasteiger partial charge in [-0.1, -0.05) is 4.98 Å². The molecule has 0 spiro atoms. The van der Waals surface area contributed by atoms with Gasteiger partial charge in [-0.25, -0.2) is 4.57 Å². The molecule has 4 atom stereocenters. The van der Waals surface area contributed by atoms with E-state index in [9.17, 15) is 20.1 Å². The molecular formula is C12H18N5O6+. The normalized spacial score (nSPS) is 27.8. The molecule has 1 saturated heterocycles. The molecule has 0 amide bonds. The van der Waals surface area contributed by atoms with Crippen molar-refractivity contribution in [2.45, 2.75) is 31.1 Å². The van der Waals surface area contributed by atoms with Crippen molar-refractivity contribution in [1.82, 2.24) is 14.5 Å². The monoisotopic (exact) mass is 328 g/mol. The molecule has 0 aliphatic carbocycles. The van der Waals surface area contributed by atoms with Gasteiger partial charge in [0.25, 0.3) is 11.5 Å². The van der Waals surface area contributed by atoms with Gasteiger partial charge in [0, 0.05) is 0 Å². The number of hydrogen-bond acceptors (Lipinski definition) is 8. The van der Waals surface area contributed by atoms with E-state index in [0.717, 1.165) is 0 Å². The third-order valence-electron chi connectivity index (χ3n) is 3.82. The number of imidazole rings is 1. The summed E-state index contributed by atoms with van der Waals surface area (Å²) in [6, 6.07) is 0. The summed E-state index contributed by atoms with van der Waals surface area (Å²) in [5.74, 6) is -0.121. The van der Waals surface area contributed by atoms with Gasteiger partial charge in [0.15, 0.2) is 6.33 Å². The summed E-state index contributed by atoms with van der Waals surface area (Å²) < 4.78 is 8.23. The van der Waals surface area contributed by atoms with Crippen molar-refractivity contribution in [2.24, 2.45) is 0 Å². The van der Waals surface area contributed by atoms with Crippen molar-refractivity contribution >= 4 is 17.1 Å². The Morgan fingerprint density at radius 3 is 2.74 bits per heavy atom. The number of aromatic amines is 1. The number of anilines is 1. The van der Waals surface area contributed by atoms with Crippen LogP contribution in [0.15, 0.2) is 11.1 Å². The van der Waals surface area contributed by atoms with Crippen LogP contribution in [0.2, 0.25) is 0 Å². The van der Waals surface area contributed by atoms with Crippen LogP contribution in [0, 0.1) is 0 Å². The number of nitrogens with one attached hydrogen (secondary N) is 1. The highest BCUT2D eigenvalue weighted by molar-refractivity contribution is 5.67. The third kappa shape index (κ3) is 2.48. The van der Waals surface area contributed by atoms with Gasteiger partial charge in [-0.2, -0.15) is 0 Å². The smallest absolute Gasteiger partial charge is 0.313 e. The van der Waals surface area contributed by atoms with Crippen LogP contribution < -0.4 is 15.9 Å². The minimum atomic E-state index is -1.33. The highest BCUT2D eigenvalue weighted by Crippen LogP contribution is 2.26. The molecule has 1 aliphatic rings. The Morgan fingerprint density at radius 1 is 1.39 bits per heavy atom. The van der Waals surface area contributed by atoms with Crippen molar-refractivity contribution in [3.63, 3.8) is 0 Å². The number of aromatic nitrogens is 4. The lowest BCUT2D eigenvalue weighted by atomic mass is 10.1. The Labute approximate surface area is 129 Å². The standard InChI is InChI=1S/C12H17N5O6/c13-12-14-9-6(10(22)15-12)16(1-2-18)4-17(9)11-8(21)7(20)5(3-19)23-11/h4-5,7-8,11,18-21H,1-3H2,(H2-,13,14,15,22)/p+1/t5-,7-,8-,11?/m0/s1. The summed E-state index contributed by atoms with van der Waals surface area (Å²) in [6.07, 6.45) is -3.19. The van der Waals surface area contributed by atoms with E-state index in [4.69, 9.17) is 15.6 Å². The number of rotatable bonds is 4. The number of hydrogen-bond donors (Lipinski definition) is 6. The quantitative estimate of drug-likeness (QED) is 0.310. The molecule has 0 saturated carbocycles. The zero-order valence-corrected chi connectivity index (χ0v) is 12.0. The topological polar surface area (TPSA) is 171 Å². The second-order valence-corrected chi connectivity index (χ2v) is 5.29. The summed E-state index contributed by atoms with van der Waals surface area (Å²) in [5.41, 5.74) is 5.33. The summed E-state index contributed by atoms with van der Waals surface area (Å²) >= 11 is 0. The Bertz CT molecular complexity index is 773. The number of H-pyrrole nitrogens is 1. The SMILES string of the molecule is Nc1nc2c(c(=O)[nH]1)n(CCO)c[n+]2C1O[C@@H](CO)[C@H](O)[C@@H]1O. The van der Waals surface area contributed by atoms with E-state index in [-0.39, 0.29) is 30.3 Å². The van der Waals surface area contributed by atoms with Gasteiger partial charge in [0.1, 0.15) is 18.3 Å². The van der Waals surface area contributed by atoms with Gasteiger partial charge >= 0.3 is 5.65 Å². The van der Waals surface area contributed by atoms with E-state index in [1.807, 2.05) is 0 Å². The molecule has 1 fully saturated rings. The van der Waals surface area contributed by atoms with Crippen molar-refractivity contribution in [3.8, 4) is 0 Å². The van der Waals surface area contributed by atoms with Gasteiger partial charge in [-0.15, -0.1) is 0 Å². The number of fused-ring (bicyclic) bond motifs is 1. The maximum atomic E-state index is 12.1. The lowest BCUT2D eigenvalue weighted by Gasteiger charge is -2.12. The highest BCUT2D eigenvalue weighted by Gasteiger charge is 2.46. The van der Waals surface area contributed by atoms with Crippen LogP contribution in [0.1, 0.15) is 6.23 Å². The highest BCUT2D eigenvalue weighted by atomic mass is 16.6. The van der Waals surface area contributed by atoms with Crippen LogP contribution in [0.5, 0.6) is 0 Å². The molecule has 2 aromatic heterocycles. The molecule has 126 valence electrons. The van der Waals surface area contributed by atoms with E-state index in [1.54, 1.807) is 0 Å². The minimum absolute atomic E-state index is 0.118. The van der Waals surface area contributed by atoms with E-state index in [0.29, 0.717) is 0 Å². The van der Waals surface area contributed by atoms with E-state index in [2.05, 4.69) is 9.97 Å². The predicted octanol–water partition coefficient (Wildman–Crippen LogP) is -3.80. The first-order valence-corrected chi connectivity index (χ1v) is 7.01. The zero-order chi connectivity index (χ0) is 16.7. The van der Waals surface area contributed by atoms with Gasteiger partial charge in [0.05, 0.1) is 19.8 Å². The van der Waals surface area contributed by atoms with Gasteiger partial charge in [-0.05, 0) is 0 Å². The fraction of sp³-hybridized carbons (Fsp3) is 0.583. The summed E-state index contributed by atoms with van der Waals surface area (Å²) in [4.78, 5) is 18.5. The van der Waals surface area contributed by atoms with Gasteiger partial charge in [-0.3, -0.25) is 14.3 Å². The fourth-order valence-corrected chi connectivity index (χ4v) is 2.75. The maximum Gasteiger partial charge on any atom is 0.313 e. The number of aliphatic hydroxyl groups is 4. The first-order valence-electron chi connectivity index (χ1n) is 7.01. The second kappa shape index (κ2) is 5.86. The fourth-order valence-electron chi connectivity index (χ4n) is 2.75. The molecule has 11 heteroatoms. The van der Waals surface area contributed by atoms with Crippen molar-refractivity contribution < 1.29 is 29.7 Å². The Kier molecular flexibility index (Phi) is 4.04. The van der Waals surface area contributed by atoms with Crippen LogP contribution in [0.4, 0.5) is 5.95 Å². The van der Waals surface area contributed by atoms with Crippen molar-refractivity contribution in [3.05, 3.63) is 16.7 Å². The number of nitrogens with two attached hydrogens (primary N) is 1. The van der Waals surface area contributed by atoms with Gasteiger partial charge in [0.2, 0.25) is 11.7 Å². The van der Waals surface area contributed by atoms with Crippen LogP contribution >= 0.6 is 0 Å². The molecule has 0 bridgehead atoms. The molecule has 0 aromatic carbocycles. The van der Waals surface area contributed by atoms with Crippen LogP contribution in [0.3, 0.4) is 0 Å². The molecular weight excluding hydrogens is 310 g/mol. The zero-order valence-electron chi connectivity index (χ0n) is 12.0. The Balaban J connectivity index is 2.16. The summed E-state index contributed by atoms with van der Waals surface area (Å²) in [5, 5.41) is 38.3. The molecule has 0 radical (unpaired) electrons. The number of aliphatic hydroxyl groups excluding tert-OH is 4. The summed E-state index contributed by atoms with van der Waals surface area (Å²) in [7, 11) is 0. The molecule has 1 aliphatic heterocycles. The van der Waals surface area contributed by atoms with Crippen molar-refractivity contribution in [2.75, 3.05) is 18.9 Å². The Hall–Kier alpha value is -2.05. The molecule has 3 rings (SSSR count). The van der Waals surface area contributed by atoms with Gasteiger partial charge < -0.3 is 30.9 Å². The van der Waals surface area contributed by atoms with Crippen LogP contribution in [0.25, 0.3) is 11.2 Å². The molecule has 11 nitrogen and oxygen atoms in total. The van der Waals surface area contributed by atoms with Crippen LogP contribution in [-0.2, 0) is 11.3 Å². The van der Waals surface area contributed by atoms with E-state index in [1.165, 1.54) is 15.5 Å². The number of ether oxygens (including phenoxy) is 1. The first-order chi connectivity index (χ1) is 11.0. The van der Waals surface area contributed by atoms with E-state index >= 15 is 0 Å². The molecule has 1 unspecified atom stereocenters. The van der Waals surface area contributed by atoms with E-state index < -0.39 is 36.7 Å². The maximum absolute atomic E-state index is 12.1. The average Bonchev–Trinajstić information content (AvgIpc) is 2.99.